The van der Waals surface area contributed by atoms with Crippen molar-refractivity contribution in [1.82, 2.24) is 0 Å². The summed E-state index contributed by atoms with van der Waals surface area (Å²) in [6.07, 6.45) is 3.30. The lowest BCUT2D eigenvalue weighted by Gasteiger charge is -2.31. The van der Waals surface area contributed by atoms with Crippen LogP contribution in [0.2, 0.25) is 0 Å². The molecular formula is C15H19FO3. The molecule has 4 heteroatoms. The Morgan fingerprint density at radius 1 is 1.47 bits per heavy atom. The molecule has 0 bridgehead atoms. The average molecular weight is 266 g/mol. The van der Waals surface area contributed by atoms with Gasteiger partial charge in [-0.2, -0.15) is 0 Å². The van der Waals surface area contributed by atoms with Crippen molar-refractivity contribution in [3.05, 3.63) is 29.6 Å². The molecule has 0 unspecified atom stereocenters. The quantitative estimate of drug-likeness (QED) is 0.887. The molecule has 0 saturated heterocycles. The number of carboxylic acid groups (broad SMARTS) is 1. The second-order valence-electron chi connectivity index (χ2n) is 5.77. The monoisotopic (exact) mass is 266 g/mol. The molecule has 1 aliphatic rings. The van der Waals surface area contributed by atoms with Crippen LogP contribution in [0, 0.1) is 5.82 Å². The van der Waals surface area contributed by atoms with E-state index < -0.39 is 11.4 Å². The maximum atomic E-state index is 13.4. The van der Waals surface area contributed by atoms with Gasteiger partial charge in [-0.3, -0.25) is 4.79 Å². The van der Waals surface area contributed by atoms with Gasteiger partial charge in [-0.25, -0.2) is 4.39 Å². The minimum absolute atomic E-state index is 0.0581. The molecule has 1 aromatic rings. The van der Waals surface area contributed by atoms with Gasteiger partial charge in [0.2, 0.25) is 0 Å². The summed E-state index contributed by atoms with van der Waals surface area (Å²) in [6.45, 7) is 3.59. The molecule has 0 radical (unpaired) electrons. The van der Waals surface area contributed by atoms with Crippen molar-refractivity contribution in [2.75, 3.05) is 0 Å². The lowest BCUT2D eigenvalue weighted by Crippen LogP contribution is -2.28. The molecule has 1 fully saturated rings. The van der Waals surface area contributed by atoms with Crippen LogP contribution >= 0.6 is 0 Å². The highest BCUT2D eigenvalue weighted by atomic mass is 19.1. The second kappa shape index (κ2) is 5.19. The van der Waals surface area contributed by atoms with Gasteiger partial charge in [0.1, 0.15) is 11.6 Å². The van der Waals surface area contributed by atoms with E-state index in [0.29, 0.717) is 11.3 Å². The van der Waals surface area contributed by atoms with Gasteiger partial charge in [0.15, 0.2) is 0 Å². The highest BCUT2D eigenvalue weighted by Crippen LogP contribution is 2.37. The zero-order valence-corrected chi connectivity index (χ0v) is 11.3. The standard InChI is InChI=1S/C15H19FO3/c1-15(2,9-14(17)18)12-8-10(16)6-7-13(12)19-11-4-3-5-11/h6-8,11H,3-5,9H2,1-2H3,(H,17,18). The van der Waals surface area contributed by atoms with E-state index in [-0.39, 0.29) is 18.3 Å². The molecule has 0 aliphatic heterocycles. The van der Waals surface area contributed by atoms with Gasteiger partial charge in [-0.1, -0.05) is 13.8 Å². The maximum Gasteiger partial charge on any atom is 0.304 e. The van der Waals surface area contributed by atoms with Crippen LogP contribution < -0.4 is 4.74 Å². The Balaban J connectivity index is 2.29. The smallest absolute Gasteiger partial charge is 0.304 e. The summed E-state index contributed by atoms with van der Waals surface area (Å²) in [4.78, 5) is 10.9. The number of hydrogen-bond acceptors (Lipinski definition) is 2. The second-order valence-corrected chi connectivity index (χ2v) is 5.77. The van der Waals surface area contributed by atoms with E-state index >= 15 is 0 Å². The number of rotatable bonds is 5. The van der Waals surface area contributed by atoms with Crippen LogP contribution in [0.15, 0.2) is 18.2 Å². The fourth-order valence-corrected chi connectivity index (χ4v) is 2.28. The Bertz CT molecular complexity index is 478. The van der Waals surface area contributed by atoms with Gasteiger partial charge in [0, 0.05) is 11.0 Å². The van der Waals surface area contributed by atoms with E-state index in [9.17, 15) is 9.18 Å². The first-order chi connectivity index (χ1) is 8.88. The highest BCUT2D eigenvalue weighted by Gasteiger charge is 2.30. The zero-order valence-electron chi connectivity index (χ0n) is 11.3. The number of ether oxygens (including phenoxy) is 1. The van der Waals surface area contributed by atoms with Crippen molar-refractivity contribution in [2.45, 2.75) is 51.0 Å². The predicted molar refractivity (Wildman–Crippen MR) is 69.9 cm³/mol. The van der Waals surface area contributed by atoms with E-state index in [1.165, 1.54) is 12.1 Å². The molecule has 0 aromatic heterocycles. The molecule has 3 nitrogen and oxygen atoms in total. The number of benzene rings is 1. The molecule has 104 valence electrons. The molecule has 0 amide bonds. The maximum absolute atomic E-state index is 13.4. The van der Waals surface area contributed by atoms with E-state index in [0.717, 1.165) is 19.3 Å². The van der Waals surface area contributed by atoms with Crippen LogP contribution in [0.3, 0.4) is 0 Å². The molecule has 1 N–H and O–H groups in total. The number of aliphatic carboxylic acids is 1. The third kappa shape index (κ3) is 3.25. The first-order valence-corrected chi connectivity index (χ1v) is 6.57. The third-order valence-electron chi connectivity index (χ3n) is 3.61. The first kappa shape index (κ1) is 13.8. The lowest BCUT2D eigenvalue weighted by molar-refractivity contribution is -0.138. The van der Waals surface area contributed by atoms with Gasteiger partial charge in [0.05, 0.1) is 12.5 Å². The van der Waals surface area contributed by atoms with E-state index in [2.05, 4.69) is 0 Å². The van der Waals surface area contributed by atoms with Crippen molar-refractivity contribution in [3.8, 4) is 5.75 Å². The van der Waals surface area contributed by atoms with Crippen molar-refractivity contribution in [1.29, 1.82) is 0 Å². The summed E-state index contributed by atoms with van der Waals surface area (Å²) < 4.78 is 19.3. The molecule has 0 atom stereocenters. The van der Waals surface area contributed by atoms with E-state index in [4.69, 9.17) is 9.84 Å². The molecule has 1 aliphatic carbocycles. The SMILES string of the molecule is CC(C)(CC(=O)O)c1cc(F)ccc1OC1CCC1. The lowest BCUT2D eigenvalue weighted by atomic mass is 9.81. The van der Waals surface area contributed by atoms with Crippen LogP contribution in [-0.4, -0.2) is 17.2 Å². The Hall–Kier alpha value is -1.58. The molecule has 1 aromatic carbocycles. The minimum Gasteiger partial charge on any atom is -0.490 e. The molecule has 0 spiro atoms. The van der Waals surface area contributed by atoms with Crippen LogP contribution in [0.4, 0.5) is 4.39 Å². The van der Waals surface area contributed by atoms with Crippen molar-refractivity contribution in [3.63, 3.8) is 0 Å². The number of halogens is 1. The Kier molecular flexibility index (Phi) is 3.78. The largest absolute Gasteiger partial charge is 0.490 e. The minimum atomic E-state index is -0.899. The van der Waals surface area contributed by atoms with Crippen LogP contribution in [0.25, 0.3) is 0 Å². The summed E-state index contributed by atoms with van der Waals surface area (Å²) in [7, 11) is 0. The predicted octanol–water partition coefficient (Wildman–Crippen LogP) is 3.51. The Labute approximate surface area is 112 Å². The normalized spacial score (nSPS) is 15.9. The van der Waals surface area contributed by atoms with E-state index in [1.54, 1.807) is 19.9 Å². The number of carbonyl (C=O) groups is 1. The van der Waals surface area contributed by atoms with Crippen molar-refractivity contribution in [2.24, 2.45) is 0 Å². The van der Waals surface area contributed by atoms with Gasteiger partial charge >= 0.3 is 5.97 Å². The molecule has 0 heterocycles. The van der Waals surface area contributed by atoms with Crippen LogP contribution in [0.1, 0.15) is 45.1 Å². The fraction of sp³-hybridized carbons (Fsp3) is 0.533. The summed E-state index contributed by atoms with van der Waals surface area (Å²) in [5, 5.41) is 8.98. The fourth-order valence-electron chi connectivity index (χ4n) is 2.28. The van der Waals surface area contributed by atoms with Gasteiger partial charge in [-0.15, -0.1) is 0 Å². The molecule has 19 heavy (non-hydrogen) atoms. The topological polar surface area (TPSA) is 46.5 Å². The van der Waals surface area contributed by atoms with E-state index in [1.807, 2.05) is 0 Å². The Morgan fingerprint density at radius 2 is 2.16 bits per heavy atom. The zero-order chi connectivity index (χ0) is 14.0. The number of hydrogen-bond donors (Lipinski definition) is 1. The summed E-state index contributed by atoms with van der Waals surface area (Å²) in [6, 6.07) is 4.35. The molecule has 2 rings (SSSR count). The van der Waals surface area contributed by atoms with Crippen molar-refractivity contribution >= 4 is 5.97 Å². The molecular weight excluding hydrogens is 247 g/mol. The van der Waals surface area contributed by atoms with Crippen molar-refractivity contribution < 1.29 is 19.0 Å². The van der Waals surface area contributed by atoms with Gasteiger partial charge in [0.25, 0.3) is 0 Å². The Morgan fingerprint density at radius 3 is 2.68 bits per heavy atom. The van der Waals surface area contributed by atoms with Crippen LogP contribution in [-0.2, 0) is 10.2 Å². The van der Waals surface area contributed by atoms with Crippen LogP contribution in [0.5, 0.6) is 5.75 Å². The van der Waals surface area contributed by atoms with Gasteiger partial charge < -0.3 is 9.84 Å². The van der Waals surface area contributed by atoms with Gasteiger partial charge in [-0.05, 0) is 37.5 Å². The highest BCUT2D eigenvalue weighted by molar-refractivity contribution is 5.69. The average Bonchev–Trinajstić information content (AvgIpc) is 2.23. The molecule has 1 saturated carbocycles. The third-order valence-corrected chi connectivity index (χ3v) is 3.61. The summed E-state index contributed by atoms with van der Waals surface area (Å²) >= 11 is 0. The summed E-state index contributed by atoms with van der Waals surface area (Å²) in [5.41, 5.74) is -0.0330. The number of carboxylic acids is 1. The first-order valence-electron chi connectivity index (χ1n) is 6.57. The summed E-state index contributed by atoms with van der Waals surface area (Å²) in [5.74, 6) is -0.657.